The normalized spacial score (nSPS) is 14.6. The Balaban J connectivity index is 1.66. The summed E-state index contributed by atoms with van der Waals surface area (Å²) in [6, 6.07) is 9.25. The van der Waals surface area contributed by atoms with Gasteiger partial charge in [0.05, 0.1) is 24.0 Å². The number of fused-ring (bicyclic) bond motifs is 2. The van der Waals surface area contributed by atoms with Crippen LogP contribution >= 0.6 is 11.6 Å². The monoisotopic (exact) mass is 536 g/mol. The van der Waals surface area contributed by atoms with Crippen molar-refractivity contribution in [1.82, 2.24) is 28.5 Å². The molecule has 11 heteroatoms. The van der Waals surface area contributed by atoms with Crippen LogP contribution in [0.5, 0.6) is 0 Å². The van der Waals surface area contributed by atoms with Gasteiger partial charge in [-0.25, -0.2) is 4.79 Å². The van der Waals surface area contributed by atoms with Gasteiger partial charge in [-0.15, -0.1) is 0 Å². The number of hydrogen-bond acceptors (Lipinski definition) is 5. The van der Waals surface area contributed by atoms with E-state index in [0.717, 1.165) is 33.9 Å². The molecule has 0 aliphatic heterocycles. The Morgan fingerprint density at radius 1 is 1.16 bits per heavy atom. The van der Waals surface area contributed by atoms with Crippen LogP contribution in [0, 0.1) is 5.92 Å². The average molecular weight is 537 g/mol. The van der Waals surface area contributed by atoms with Crippen LogP contribution in [-0.2, 0) is 38.4 Å². The van der Waals surface area contributed by atoms with Crippen molar-refractivity contribution < 1.29 is 4.55 Å². The number of aromatic nitrogens is 6. The minimum atomic E-state index is -1.21. The van der Waals surface area contributed by atoms with Crippen molar-refractivity contribution >= 4 is 44.7 Å². The summed E-state index contributed by atoms with van der Waals surface area (Å²) in [5, 5.41) is 6.72. The SMILES string of the molecule is Cn1cc([S+](C)[O-])cc1-c1c2c(=O)n(C)c(=O)n(CC3CC3)c2nn1Cc1ccnc2ccc(Cl)cc12. The van der Waals surface area contributed by atoms with Crippen LogP contribution < -0.4 is 11.2 Å². The molecule has 0 saturated heterocycles. The minimum Gasteiger partial charge on any atom is -0.612 e. The molecule has 0 bridgehead atoms. The van der Waals surface area contributed by atoms with E-state index in [1.165, 1.54) is 7.05 Å². The van der Waals surface area contributed by atoms with Crippen LogP contribution in [0.25, 0.3) is 33.3 Å². The predicted molar refractivity (Wildman–Crippen MR) is 145 cm³/mol. The number of aryl methyl sites for hydroxylation is 1. The molecule has 190 valence electrons. The number of benzene rings is 1. The van der Waals surface area contributed by atoms with Crippen LogP contribution in [-0.4, -0.2) is 39.3 Å². The predicted octanol–water partition coefficient (Wildman–Crippen LogP) is 3.30. The maximum atomic E-state index is 13.6. The molecule has 37 heavy (non-hydrogen) atoms. The summed E-state index contributed by atoms with van der Waals surface area (Å²) in [4.78, 5) is 31.8. The molecule has 1 saturated carbocycles. The number of nitrogens with zero attached hydrogens (tertiary/aromatic N) is 6. The molecule has 1 unspecified atom stereocenters. The third-order valence-electron chi connectivity index (χ3n) is 7.03. The second-order valence-electron chi connectivity index (χ2n) is 9.66. The number of rotatable bonds is 6. The lowest BCUT2D eigenvalue weighted by Gasteiger charge is -2.11. The van der Waals surface area contributed by atoms with Crippen molar-refractivity contribution in [3.8, 4) is 11.4 Å². The topological polar surface area (TPSA) is 103 Å². The van der Waals surface area contributed by atoms with Crippen molar-refractivity contribution in [1.29, 1.82) is 0 Å². The van der Waals surface area contributed by atoms with Gasteiger partial charge in [0.25, 0.3) is 5.56 Å². The maximum absolute atomic E-state index is 13.6. The first-order chi connectivity index (χ1) is 17.7. The zero-order valence-electron chi connectivity index (χ0n) is 20.6. The Hall–Kier alpha value is -3.34. The molecule has 1 atom stereocenters. The van der Waals surface area contributed by atoms with Gasteiger partial charge >= 0.3 is 5.69 Å². The number of pyridine rings is 1. The first-order valence-corrected chi connectivity index (χ1v) is 13.9. The fourth-order valence-corrected chi connectivity index (χ4v) is 5.62. The van der Waals surface area contributed by atoms with Crippen molar-refractivity contribution in [3.05, 3.63) is 74.1 Å². The highest BCUT2D eigenvalue weighted by molar-refractivity contribution is 7.90. The van der Waals surface area contributed by atoms with E-state index in [4.69, 9.17) is 16.7 Å². The standard InChI is InChI=1S/C26H25ClN6O3S/c1-30-14-18(37(3)36)11-21(30)23-22-24(32(12-15-4-5-15)26(35)31(2)25(22)34)29-33(23)13-16-8-9-28-20-7-6-17(27)10-19(16)20/h6-11,14-15H,4-5,12-13H2,1-3H3. The van der Waals surface area contributed by atoms with Crippen LogP contribution in [0.4, 0.5) is 0 Å². The Bertz CT molecular complexity index is 1810. The summed E-state index contributed by atoms with van der Waals surface area (Å²) < 4.78 is 18.7. The molecule has 1 aromatic carbocycles. The highest BCUT2D eigenvalue weighted by Crippen LogP contribution is 2.33. The van der Waals surface area contributed by atoms with Gasteiger partial charge in [0.1, 0.15) is 17.3 Å². The van der Waals surface area contributed by atoms with Crippen molar-refractivity contribution in [3.63, 3.8) is 0 Å². The second-order valence-corrected chi connectivity index (χ2v) is 11.5. The molecule has 1 aliphatic rings. The van der Waals surface area contributed by atoms with Gasteiger partial charge in [-0.05, 0) is 59.8 Å². The molecule has 4 aromatic heterocycles. The summed E-state index contributed by atoms with van der Waals surface area (Å²) >= 11 is 5.10. The number of halogens is 1. The Morgan fingerprint density at radius 3 is 2.65 bits per heavy atom. The molecule has 0 radical (unpaired) electrons. The van der Waals surface area contributed by atoms with E-state index in [-0.39, 0.29) is 5.69 Å². The molecule has 9 nitrogen and oxygen atoms in total. The van der Waals surface area contributed by atoms with Crippen LogP contribution in [0.2, 0.25) is 5.02 Å². The zero-order valence-corrected chi connectivity index (χ0v) is 22.2. The summed E-state index contributed by atoms with van der Waals surface area (Å²) in [6.07, 6.45) is 7.25. The lowest BCUT2D eigenvalue weighted by Crippen LogP contribution is -2.38. The maximum Gasteiger partial charge on any atom is 0.332 e. The van der Waals surface area contributed by atoms with Gasteiger partial charge in [0, 0.05) is 43.3 Å². The highest BCUT2D eigenvalue weighted by Gasteiger charge is 2.29. The van der Waals surface area contributed by atoms with Gasteiger partial charge in [-0.2, -0.15) is 5.10 Å². The average Bonchev–Trinajstić information content (AvgIpc) is 3.50. The quantitative estimate of drug-likeness (QED) is 0.310. The molecule has 0 amide bonds. The lowest BCUT2D eigenvalue weighted by molar-refractivity contribution is 0.572. The van der Waals surface area contributed by atoms with Gasteiger partial charge in [-0.1, -0.05) is 11.6 Å². The van der Waals surface area contributed by atoms with Gasteiger partial charge in [-0.3, -0.25) is 23.6 Å². The largest absolute Gasteiger partial charge is 0.612 e. The van der Waals surface area contributed by atoms with E-state index in [9.17, 15) is 14.1 Å². The van der Waals surface area contributed by atoms with Crippen molar-refractivity contribution in [2.75, 3.05) is 6.26 Å². The summed E-state index contributed by atoms with van der Waals surface area (Å²) in [5.74, 6) is 0.405. The molecular weight excluding hydrogens is 512 g/mol. The van der Waals surface area contributed by atoms with E-state index in [1.807, 2.05) is 35.9 Å². The zero-order chi connectivity index (χ0) is 26.0. The van der Waals surface area contributed by atoms with E-state index in [1.54, 1.807) is 34.0 Å². The molecule has 4 heterocycles. The first-order valence-electron chi connectivity index (χ1n) is 12.0. The van der Waals surface area contributed by atoms with Gasteiger partial charge in [0.2, 0.25) is 0 Å². The van der Waals surface area contributed by atoms with E-state index >= 15 is 0 Å². The molecule has 5 aromatic rings. The van der Waals surface area contributed by atoms with Crippen molar-refractivity contribution in [2.24, 2.45) is 20.0 Å². The molecule has 0 spiro atoms. The van der Waals surface area contributed by atoms with E-state index < -0.39 is 16.7 Å². The fourth-order valence-electron chi connectivity index (χ4n) is 4.86. The minimum absolute atomic E-state index is 0.319. The lowest BCUT2D eigenvalue weighted by atomic mass is 10.1. The molecule has 1 fully saturated rings. The van der Waals surface area contributed by atoms with Gasteiger partial charge in [0.15, 0.2) is 10.5 Å². The van der Waals surface area contributed by atoms with E-state index in [0.29, 0.717) is 51.3 Å². The van der Waals surface area contributed by atoms with Crippen LogP contribution in [0.3, 0.4) is 0 Å². The van der Waals surface area contributed by atoms with Crippen LogP contribution in [0.15, 0.2) is 57.2 Å². The molecule has 0 N–H and O–H groups in total. The molecule has 1 aliphatic carbocycles. The van der Waals surface area contributed by atoms with Crippen molar-refractivity contribution in [2.45, 2.75) is 30.8 Å². The Labute approximate surface area is 220 Å². The highest BCUT2D eigenvalue weighted by atomic mass is 35.5. The third-order valence-corrected chi connectivity index (χ3v) is 8.15. The smallest absolute Gasteiger partial charge is 0.332 e. The number of hydrogen-bond donors (Lipinski definition) is 0. The Morgan fingerprint density at radius 2 is 1.95 bits per heavy atom. The molecular formula is C26H25ClN6O3S. The second kappa shape index (κ2) is 8.90. The fraction of sp³-hybridized carbons (Fsp3) is 0.308. The third kappa shape index (κ3) is 4.09. The van der Waals surface area contributed by atoms with Gasteiger partial charge < -0.3 is 9.12 Å². The summed E-state index contributed by atoms with van der Waals surface area (Å²) in [5.41, 5.74) is 2.57. The van der Waals surface area contributed by atoms with Crippen LogP contribution in [0.1, 0.15) is 18.4 Å². The Kier molecular flexibility index (Phi) is 5.78. The first kappa shape index (κ1) is 24.0. The summed E-state index contributed by atoms with van der Waals surface area (Å²) in [6.45, 7) is 0.838. The molecule has 6 rings (SSSR count). The summed E-state index contributed by atoms with van der Waals surface area (Å²) in [7, 11) is 3.35. The van der Waals surface area contributed by atoms with E-state index in [2.05, 4.69) is 4.98 Å².